The zero-order valence-electron chi connectivity index (χ0n) is 4.79. The van der Waals surface area contributed by atoms with Crippen molar-refractivity contribution in [3.63, 3.8) is 0 Å². The van der Waals surface area contributed by atoms with E-state index in [2.05, 4.69) is 5.32 Å². The van der Waals surface area contributed by atoms with E-state index in [4.69, 9.17) is 5.73 Å². The Labute approximate surface area is 60.3 Å². The first-order chi connectivity index (χ1) is 4.61. The molecule has 1 aliphatic heterocycles. The van der Waals surface area contributed by atoms with Crippen LogP contribution in [0.3, 0.4) is 0 Å². The summed E-state index contributed by atoms with van der Waals surface area (Å²) in [5.41, 5.74) is 4.80. The third-order valence-electron chi connectivity index (χ3n) is 0.931. The molecule has 1 saturated heterocycles. The first kappa shape index (κ1) is 7.07. The van der Waals surface area contributed by atoms with Crippen molar-refractivity contribution in [1.29, 1.82) is 0 Å². The normalized spacial score (nSPS) is 24.6. The number of hydrogen-bond acceptors (Lipinski definition) is 4. The van der Waals surface area contributed by atoms with E-state index in [1.54, 1.807) is 0 Å². The van der Waals surface area contributed by atoms with E-state index >= 15 is 0 Å². The fraction of sp³-hybridized carbons (Fsp3) is 0.250. The predicted octanol–water partition coefficient (Wildman–Crippen LogP) is -1.81. The van der Waals surface area contributed by atoms with Gasteiger partial charge in [0.2, 0.25) is 0 Å². The van der Waals surface area contributed by atoms with Gasteiger partial charge in [0.1, 0.15) is 0 Å². The van der Waals surface area contributed by atoms with E-state index in [0.717, 1.165) is 0 Å². The Morgan fingerprint density at radius 2 is 2.20 bits per heavy atom. The zero-order valence-corrected chi connectivity index (χ0v) is 5.60. The third kappa shape index (κ3) is 1.10. The van der Waals surface area contributed by atoms with Gasteiger partial charge in [-0.15, -0.1) is 0 Å². The maximum Gasteiger partial charge on any atom is 0.299 e. The lowest BCUT2D eigenvalue weighted by molar-refractivity contribution is -0.132. The summed E-state index contributed by atoms with van der Waals surface area (Å²) in [6, 6.07) is 0. The van der Waals surface area contributed by atoms with E-state index < -0.39 is 22.3 Å². The molecule has 5 nitrogen and oxygen atoms in total. The number of nitrogens with one attached hydrogen (secondary N) is 1. The molecule has 0 aromatic heterocycles. The summed E-state index contributed by atoms with van der Waals surface area (Å²) in [5.74, 6) is -1.46. The largest absolute Gasteiger partial charge is 0.367 e. The molecular weight excluding hydrogens is 156 g/mol. The van der Waals surface area contributed by atoms with Crippen LogP contribution in [-0.4, -0.2) is 22.3 Å². The maximum atomic E-state index is 10.4. The van der Waals surface area contributed by atoms with Crippen LogP contribution in [0.2, 0.25) is 0 Å². The molecule has 6 heteroatoms. The summed E-state index contributed by atoms with van der Waals surface area (Å²) in [7, 11) is 0. The van der Waals surface area contributed by atoms with Crippen molar-refractivity contribution in [2.24, 2.45) is 5.73 Å². The zero-order chi connectivity index (χ0) is 7.72. The second kappa shape index (κ2) is 2.30. The number of carbonyl (C=O) groups is 3. The highest BCUT2D eigenvalue weighted by molar-refractivity contribution is 8.17. The highest BCUT2D eigenvalue weighted by Crippen LogP contribution is 2.15. The van der Waals surface area contributed by atoms with Gasteiger partial charge >= 0.3 is 0 Å². The molecule has 0 aromatic rings. The van der Waals surface area contributed by atoms with E-state index in [0.29, 0.717) is 11.8 Å². The van der Waals surface area contributed by atoms with Crippen LogP contribution in [0.4, 0.5) is 0 Å². The molecule has 0 spiro atoms. The maximum absolute atomic E-state index is 10.4. The van der Waals surface area contributed by atoms with Gasteiger partial charge in [0.25, 0.3) is 16.9 Å². The number of nitrogens with two attached hydrogens (primary N) is 1. The number of hydrogen-bond donors (Lipinski definition) is 2. The summed E-state index contributed by atoms with van der Waals surface area (Å²) in [6.07, 6.45) is 0. The second-order valence-electron chi connectivity index (χ2n) is 1.66. The van der Waals surface area contributed by atoms with Gasteiger partial charge < -0.3 is 11.1 Å². The van der Waals surface area contributed by atoms with Gasteiger partial charge in [-0.3, -0.25) is 14.4 Å². The first-order valence-corrected chi connectivity index (χ1v) is 3.30. The van der Waals surface area contributed by atoms with Crippen LogP contribution in [0.15, 0.2) is 0 Å². The van der Waals surface area contributed by atoms with Gasteiger partial charge in [-0.05, 0) is 11.8 Å². The molecule has 1 atom stereocenters. The van der Waals surface area contributed by atoms with Crippen molar-refractivity contribution < 1.29 is 14.4 Å². The Kier molecular flexibility index (Phi) is 1.62. The van der Waals surface area contributed by atoms with Crippen molar-refractivity contribution in [3.8, 4) is 0 Å². The summed E-state index contributed by atoms with van der Waals surface area (Å²) in [6.45, 7) is 0. The number of thioether (sulfide) groups is 1. The molecule has 0 radical (unpaired) electrons. The number of primary amides is 1. The quantitative estimate of drug-likeness (QED) is 0.442. The molecule has 1 aliphatic rings. The Morgan fingerprint density at radius 3 is 2.40 bits per heavy atom. The molecule has 0 aromatic carbocycles. The van der Waals surface area contributed by atoms with E-state index in [1.807, 2.05) is 0 Å². The van der Waals surface area contributed by atoms with Gasteiger partial charge in [0, 0.05) is 0 Å². The molecule has 1 unspecified atom stereocenters. The highest BCUT2D eigenvalue weighted by atomic mass is 32.2. The monoisotopic (exact) mass is 160 g/mol. The minimum Gasteiger partial charge on any atom is -0.367 e. The van der Waals surface area contributed by atoms with Crippen LogP contribution in [0.25, 0.3) is 0 Å². The molecule has 2 amide bonds. The van der Waals surface area contributed by atoms with Crippen molar-refractivity contribution in [2.45, 2.75) is 5.37 Å². The van der Waals surface area contributed by atoms with Gasteiger partial charge in [0.15, 0.2) is 5.37 Å². The Hall–Kier alpha value is -1.04. The number of amides is 2. The summed E-state index contributed by atoms with van der Waals surface area (Å²) >= 11 is 0.608. The van der Waals surface area contributed by atoms with Crippen LogP contribution in [-0.2, 0) is 14.4 Å². The Bertz CT molecular complexity index is 199. The van der Waals surface area contributed by atoms with Gasteiger partial charge in [-0.2, -0.15) is 0 Å². The molecule has 10 heavy (non-hydrogen) atoms. The lowest BCUT2D eigenvalue weighted by atomic mass is 10.6. The molecule has 0 aliphatic carbocycles. The van der Waals surface area contributed by atoms with E-state index in [9.17, 15) is 14.4 Å². The van der Waals surface area contributed by atoms with Crippen LogP contribution in [0, 0.1) is 0 Å². The Balaban J connectivity index is 2.66. The molecule has 54 valence electrons. The van der Waals surface area contributed by atoms with Crippen molar-refractivity contribution in [2.75, 3.05) is 0 Å². The topological polar surface area (TPSA) is 89.3 Å². The van der Waals surface area contributed by atoms with Crippen LogP contribution in [0.5, 0.6) is 0 Å². The lowest BCUT2D eigenvalue weighted by Gasteiger charge is -1.98. The smallest absolute Gasteiger partial charge is 0.299 e. The fourth-order valence-electron chi connectivity index (χ4n) is 0.497. The molecule has 1 heterocycles. The van der Waals surface area contributed by atoms with Crippen molar-refractivity contribution >= 4 is 28.7 Å². The van der Waals surface area contributed by atoms with Gasteiger partial charge in [-0.25, -0.2) is 0 Å². The fourth-order valence-corrected chi connectivity index (χ4v) is 1.16. The minimum absolute atomic E-state index is 0.608. The molecular formula is C4H4N2O3S. The first-order valence-electron chi connectivity index (χ1n) is 2.42. The van der Waals surface area contributed by atoms with Crippen LogP contribution >= 0.6 is 11.8 Å². The van der Waals surface area contributed by atoms with Crippen LogP contribution in [0.1, 0.15) is 0 Å². The van der Waals surface area contributed by atoms with Crippen molar-refractivity contribution in [1.82, 2.24) is 5.32 Å². The molecule has 3 N–H and O–H groups in total. The summed E-state index contributed by atoms with van der Waals surface area (Å²) in [5, 5.41) is 0.565. The number of carbonyl (C=O) groups excluding carboxylic acids is 3. The second-order valence-corrected chi connectivity index (χ2v) is 2.74. The summed E-state index contributed by atoms with van der Waals surface area (Å²) < 4.78 is 0. The average Bonchev–Trinajstić information content (AvgIpc) is 2.13. The van der Waals surface area contributed by atoms with Gasteiger partial charge in [-0.1, -0.05) is 0 Å². The molecule has 0 saturated carbocycles. The van der Waals surface area contributed by atoms with Crippen LogP contribution < -0.4 is 11.1 Å². The van der Waals surface area contributed by atoms with E-state index in [1.165, 1.54) is 0 Å². The predicted molar refractivity (Wildman–Crippen MR) is 33.7 cm³/mol. The standard InChI is InChI=1S/C4H4N2O3S/c5-1(7)3-6-2(8)4(9)10-3/h3H,(H2,5,7)(H,6,8). The minimum atomic E-state index is -0.875. The molecule has 0 bridgehead atoms. The van der Waals surface area contributed by atoms with Gasteiger partial charge in [0.05, 0.1) is 0 Å². The SMILES string of the molecule is NC(=O)C1NC(=O)C(=O)S1. The molecule has 1 fully saturated rings. The van der Waals surface area contributed by atoms with Crippen molar-refractivity contribution in [3.05, 3.63) is 0 Å². The molecule has 1 rings (SSSR count). The summed E-state index contributed by atoms with van der Waals surface area (Å²) in [4.78, 5) is 31.2. The number of rotatable bonds is 1. The Morgan fingerprint density at radius 1 is 1.60 bits per heavy atom. The van der Waals surface area contributed by atoms with E-state index in [-0.39, 0.29) is 0 Å². The average molecular weight is 160 g/mol. The third-order valence-corrected chi connectivity index (χ3v) is 1.92. The lowest BCUT2D eigenvalue weighted by Crippen LogP contribution is -2.36. The highest BCUT2D eigenvalue weighted by Gasteiger charge is 2.33.